The minimum Gasteiger partial charge on any atom is -0.205 e. The largest absolute Gasteiger partial charge is 0.264 e. The maximum absolute atomic E-state index is 12.3. The Kier molecular flexibility index (Phi) is 2.22. The summed E-state index contributed by atoms with van der Waals surface area (Å²) < 4.78 is 24.6. The minimum atomic E-state index is -2.35. The smallest absolute Gasteiger partial charge is 0.205 e. The first-order valence-corrected chi connectivity index (χ1v) is 3.47. The topological polar surface area (TPSA) is 0 Å². The number of alkyl halides is 2. The van der Waals surface area contributed by atoms with Gasteiger partial charge in [-0.15, -0.1) is 0 Å². The second-order valence-electron chi connectivity index (χ2n) is 2.61. The first-order valence-electron chi connectivity index (χ1n) is 3.47. The highest BCUT2D eigenvalue weighted by Gasteiger charge is 2.11. The lowest BCUT2D eigenvalue weighted by atomic mass is 10.0. The molecule has 1 aromatic carbocycles. The fourth-order valence-electron chi connectivity index (χ4n) is 1.17. The van der Waals surface area contributed by atoms with E-state index < -0.39 is 6.43 Å². The van der Waals surface area contributed by atoms with Gasteiger partial charge in [0.05, 0.1) is 0 Å². The van der Waals surface area contributed by atoms with Crippen molar-refractivity contribution in [1.29, 1.82) is 0 Å². The summed E-state index contributed by atoms with van der Waals surface area (Å²) in [6.45, 7) is 3.41. The van der Waals surface area contributed by atoms with Gasteiger partial charge in [-0.05, 0) is 25.0 Å². The van der Waals surface area contributed by atoms with Gasteiger partial charge in [0, 0.05) is 5.56 Å². The third-order valence-electron chi connectivity index (χ3n) is 1.76. The molecule has 0 spiro atoms. The molecule has 0 fully saturated rings. The second kappa shape index (κ2) is 2.99. The van der Waals surface area contributed by atoms with Crippen LogP contribution in [0.5, 0.6) is 0 Å². The molecular weight excluding hydrogens is 146 g/mol. The molecule has 0 heterocycles. The predicted molar refractivity (Wildman–Crippen MR) is 40.9 cm³/mol. The molecule has 1 aromatic rings. The molecule has 0 amide bonds. The van der Waals surface area contributed by atoms with Gasteiger partial charge < -0.3 is 0 Å². The number of hydrogen-bond acceptors (Lipinski definition) is 0. The maximum Gasteiger partial charge on any atom is 0.264 e. The molecule has 60 valence electrons. The Morgan fingerprint density at radius 1 is 1.09 bits per heavy atom. The van der Waals surface area contributed by atoms with E-state index >= 15 is 0 Å². The standard InChI is InChI=1S/C9H10F2/c1-6-4-3-5-7(2)8(6)9(10)11/h3-5,9H,1-2H3. The van der Waals surface area contributed by atoms with E-state index in [1.54, 1.807) is 32.0 Å². The summed E-state index contributed by atoms with van der Waals surface area (Å²) in [4.78, 5) is 0. The van der Waals surface area contributed by atoms with E-state index in [0.717, 1.165) is 0 Å². The van der Waals surface area contributed by atoms with Crippen molar-refractivity contribution in [2.45, 2.75) is 20.3 Å². The Morgan fingerprint density at radius 3 is 1.82 bits per heavy atom. The van der Waals surface area contributed by atoms with Crippen LogP contribution in [0.25, 0.3) is 0 Å². The summed E-state index contributed by atoms with van der Waals surface area (Å²) in [5.41, 5.74) is 1.51. The molecule has 11 heavy (non-hydrogen) atoms. The first-order chi connectivity index (χ1) is 5.13. The molecule has 2 heteroatoms. The van der Waals surface area contributed by atoms with E-state index in [1.165, 1.54) is 0 Å². The SMILES string of the molecule is Cc1cccc(C)c1C(F)F. The summed E-state index contributed by atoms with van der Waals surface area (Å²) in [6, 6.07) is 5.19. The zero-order valence-corrected chi connectivity index (χ0v) is 6.57. The van der Waals surface area contributed by atoms with Gasteiger partial charge in [0.2, 0.25) is 0 Å². The molecule has 1 rings (SSSR count). The van der Waals surface area contributed by atoms with E-state index in [9.17, 15) is 8.78 Å². The maximum atomic E-state index is 12.3. The quantitative estimate of drug-likeness (QED) is 0.585. The molecule has 0 aliphatic rings. The zero-order chi connectivity index (χ0) is 8.43. The fraction of sp³-hybridized carbons (Fsp3) is 0.333. The van der Waals surface area contributed by atoms with Crippen LogP contribution >= 0.6 is 0 Å². The van der Waals surface area contributed by atoms with Crippen molar-refractivity contribution in [1.82, 2.24) is 0 Å². The van der Waals surface area contributed by atoms with Crippen molar-refractivity contribution < 1.29 is 8.78 Å². The van der Waals surface area contributed by atoms with Crippen LogP contribution in [0.1, 0.15) is 23.1 Å². The average Bonchev–Trinajstić information content (AvgIpc) is 1.85. The van der Waals surface area contributed by atoms with Crippen LogP contribution in [0.15, 0.2) is 18.2 Å². The lowest BCUT2D eigenvalue weighted by Crippen LogP contribution is -1.92. The van der Waals surface area contributed by atoms with Crippen molar-refractivity contribution in [2.75, 3.05) is 0 Å². The molecular formula is C9H10F2. The lowest BCUT2D eigenvalue weighted by molar-refractivity contribution is 0.150. The van der Waals surface area contributed by atoms with Gasteiger partial charge in [-0.2, -0.15) is 0 Å². The second-order valence-corrected chi connectivity index (χ2v) is 2.61. The Balaban J connectivity index is 3.21. The van der Waals surface area contributed by atoms with E-state index in [2.05, 4.69) is 0 Å². The number of halogens is 2. The Bertz CT molecular complexity index is 233. The van der Waals surface area contributed by atoms with Crippen molar-refractivity contribution in [3.63, 3.8) is 0 Å². The van der Waals surface area contributed by atoms with Crippen molar-refractivity contribution in [3.05, 3.63) is 34.9 Å². The van der Waals surface area contributed by atoms with Gasteiger partial charge in [0.25, 0.3) is 6.43 Å². The Morgan fingerprint density at radius 2 is 1.55 bits per heavy atom. The first kappa shape index (κ1) is 8.18. The normalized spacial score (nSPS) is 10.6. The molecule has 0 saturated carbocycles. The number of rotatable bonds is 1. The molecule has 0 radical (unpaired) electrons. The summed E-state index contributed by atoms with van der Waals surface area (Å²) in [7, 11) is 0. The third kappa shape index (κ3) is 1.56. The van der Waals surface area contributed by atoms with E-state index in [-0.39, 0.29) is 5.56 Å². The van der Waals surface area contributed by atoms with E-state index in [0.29, 0.717) is 11.1 Å². The summed E-state index contributed by atoms with van der Waals surface area (Å²) in [6.07, 6.45) is -2.35. The highest BCUT2D eigenvalue weighted by molar-refractivity contribution is 5.34. The van der Waals surface area contributed by atoms with Crippen LogP contribution in [-0.2, 0) is 0 Å². The van der Waals surface area contributed by atoms with Crippen LogP contribution in [0.3, 0.4) is 0 Å². The number of aryl methyl sites for hydroxylation is 2. The molecule has 0 N–H and O–H groups in total. The molecule has 0 saturated heterocycles. The highest BCUT2D eigenvalue weighted by Crippen LogP contribution is 2.25. The van der Waals surface area contributed by atoms with Crippen molar-refractivity contribution >= 4 is 0 Å². The van der Waals surface area contributed by atoms with Gasteiger partial charge in [-0.3, -0.25) is 0 Å². The molecule has 0 aliphatic heterocycles. The predicted octanol–water partition coefficient (Wildman–Crippen LogP) is 3.24. The fourth-order valence-corrected chi connectivity index (χ4v) is 1.17. The van der Waals surface area contributed by atoms with Crippen molar-refractivity contribution in [2.24, 2.45) is 0 Å². The molecule has 0 nitrogen and oxygen atoms in total. The zero-order valence-electron chi connectivity index (χ0n) is 6.57. The Labute approximate surface area is 64.9 Å². The molecule has 0 aromatic heterocycles. The van der Waals surface area contributed by atoms with Gasteiger partial charge in [0.15, 0.2) is 0 Å². The van der Waals surface area contributed by atoms with E-state index in [1.807, 2.05) is 0 Å². The van der Waals surface area contributed by atoms with E-state index in [4.69, 9.17) is 0 Å². The van der Waals surface area contributed by atoms with Gasteiger partial charge in [-0.1, -0.05) is 18.2 Å². The highest BCUT2D eigenvalue weighted by atomic mass is 19.3. The summed E-state index contributed by atoms with van der Waals surface area (Å²) in [5.74, 6) is 0. The molecule has 0 bridgehead atoms. The Hall–Kier alpha value is -0.920. The monoisotopic (exact) mass is 156 g/mol. The van der Waals surface area contributed by atoms with Crippen LogP contribution < -0.4 is 0 Å². The van der Waals surface area contributed by atoms with Crippen molar-refractivity contribution in [3.8, 4) is 0 Å². The van der Waals surface area contributed by atoms with Crippen LogP contribution in [-0.4, -0.2) is 0 Å². The van der Waals surface area contributed by atoms with Crippen LogP contribution in [0, 0.1) is 13.8 Å². The lowest BCUT2D eigenvalue weighted by Gasteiger charge is -2.06. The summed E-state index contributed by atoms with van der Waals surface area (Å²) >= 11 is 0. The number of benzene rings is 1. The average molecular weight is 156 g/mol. The summed E-state index contributed by atoms with van der Waals surface area (Å²) in [5, 5.41) is 0. The molecule has 0 atom stereocenters. The minimum absolute atomic E-state index is 0.174. The third-order valence-corrected chi connectivity index (χ3v) is 1.76. The van der Waals surface area contributed by atoms with Gasteiger partial charge in [-0.25, -0.2) is 8.78 Å². The van der Waals surface area contributed by atoms with Gasteiger partial charge >= 0.3 is 0 Å². The van der Waals surface area contributed by atoms with Crippen LogP contribution in [0.4, 0.5) is 8.78 Å². The number of hydrogen-bond donors (Lipinski definition) is 0. The molecule has 0 unspecified atom stereocenters. The molecule has 0 aliphatic carbocycles. The van der Waals surface area contributed by atoms with Gasteiger partial charge in [0.1, 0.15) is 0 Å². The van der Waals surface area contributed by atoms with Crippen LogP contribution in [0.2, 0.25) is 0 Å².